The normalized spacial score (nSPS) is 13.9. The van der Waals surface area contributed by atoms with Gasteiger partial charge >= 0.3 is 5.97 Å². The maximum Gasteiger partial charge on any atom is 0.307 e. The third kappa shape index (κ3) is 7.69. The van der Waals surface area contributed by atoms with E-state index in [1.54, 1.807) is 0 Å². The molecular formula is C13H27NO2. The lowest BCUT2D eigenvalue weighted by atomic mass is 10.0. The summed E-state index contributed by atoms with van der Waals surface area (Å²) >= 11 is 0. The molecule has 0 aliphatic heterocycles. The van der Waals surface area contributed by atoms with Crippen LogP contribution in [-0.4, -0.2) is 24.2 Å². The molecule has 96 valence electrons. The highest BCUT2D eigenvalue weighted by Crippen LogP contribution is 2.08. The van der Waals surface area contributed by atoms with Gasteiger partial charge in [0.2, 0.25) is 0 Å². The summed E-state index contributed by atoms with van der Waals surface area (Å²) in [5, 5.41) is 3.38. The molecule has 0 radical (unpaired) electrons. The van der Waals surface area contributed by atoms with Gasteiger partial charge in [-0.15, -0.1) is 0 Å². The molecule has 0 aliphatic carbocycles. The van der Waals surface area contributed by atoms with Crippen LogP contribution in [0.25, 0.3) is 0 Å². The molecule has 0 heterocycles. The van der Waals surface area contributed by atoms with Crippen molar-refractivity contribution in [3.05, 3.63) is 0 Å². The van der Waals surface area contributed by atoms with E-state index in [9.17, 15) is 4.79 Å². The third-order valence-electron chi connectivity index (χ3n) is 2.40. The second-order valence-electron chi connectivity index (χ2n) is 5.55. The van der Waals surface area contributed by atoms with E-state index in [1.165, 1.54) is 0 Å². The van der Waals surface area contributed by atoms with Crippen LogP contribution in [0.15, 0.2) is 0 Å². The molecule has 0 aromatic rings. The zero-order valence-corrected chi connectivity index (χ0v) is 11.6. The van der Waals surface area contributed by atoms with Crippen LogP contribution in [0.1, 0.15) is 54.4 Å². The van der Waals surface area contributed by atoms with Gasteiger partial charge in [0.25, 0.3) is 0 Å². The van der Waals surface area contributed by atoms with Crippen molar-refractivity contribution in [1.82, 2.24) is 5.32 Å². The van der Waals surface area contributed by atoms with E-state index < -0.39 is 0 Å². The zero-order chi connectivity index (χ0) is 12.8. The fourth-order valence-corrected chi connectivity index (χ4v) is 1.60. The summed E-state index contributed by atoms with van der Waals surface area (Å²) in [7, 11) is 0. The van der Waals surface area contributed by atoms with Crippen LogP contribution in [0, 0.1) is 5.92 Å². The number of rotatable bonds is 6. The second kappa shape index (κ2) is 6.89. The van der Waals surface area contributed by atoms with Crippen LogP contribution in [0.4, 0.5) is 0 Å². The number of esters is 1. The smallest absolute Gasteiger partial charge is 0.307 e. The summed E-state index contributed by atoms with van der Waals surface area (Å²) in [6.07, 6.45) is 1.53. The second-order valence-corrected chi connectivity index (χ2v) is 5.55. The molecule has 3 nitrogen and oxygen atoms in total. The molecule has 0 fully saturated rings. The van der Waals surface area contributed by atoms with Gasteiger partial charge in [0.1, 0.15) is 5.60 Å². The molecule has 3 heteroatoms. The Morgan fingerprint density at radius 3 is 2.25 bits per heavy atom. The summed E-state index contributed by atoms with van der Waals surface area (Å²) in [4.78, 5) is 11.4. The minimum Gasteiger partial charge on any atom is -0.460 e. The van der Waals surface area contributed by atoms with Gasteiger partial charge in [0.05, 0.1) is 6.42 Å². The van der Waals surface area contributed by atoms with Crippen LogP contribution in [0.5, 0.6) is 0 Å². The zero-order valence-electron chi connectivity index (χ0n) is 11.6. The first kappa shape index (κ1) is 15.4. The predicted octanol–water partition coefficient (Wildman–Crippen LogP) is 2.74. The van der Waals surface area contributed by atoms with Crippen molar-refractivity contribution in [1.29, 1.82) is 0 Å². The Morgan fingerprint density at radius 1 is 1.31 bits per heavy atom. The first-order chi connectivity index (χ1) is 7.26. The average Bonchev–Trinajstić information content (AvgIpc) is 2.08. The molecule has 1 N–H and O–H groups in total. The fraction of sp³-hybridized carbons (Fsp3) is 0.923. The molecule has 0 saturated heterocycles. The third-order valence-corrected chi connectivity index (χ3v) is 2.40. The van der Waals surface area contributed by atoms with E-state index in [2.05, 4.69) is 26.1 Å². The number of carbonyl (C=O) groups is 1. The predicted molar refractivity (Wildman–Crippen MR) is 67.4 cm³/mol. The number of ether oxygens (including phenoxy) is 1. The average molecular weight is 229 g/mol. The Hall–Kier alpha value is -0.570. The minimum atomic E-state index is -0.376. The topological polar surface area (TPSA) is 38.3 Å². The molecule has 0 saturated carbocycles. The maximum absolute atomic E-state index is 11.4. The molecule has 1 unspecified atom stereocenters. The Bertz CT molecular complexity index is 206. The fourth-order valence-electron chi connectivity index (χ4n) is 1.60. The van der Waals surface area contributed by atoms with Crippen LogP contribution in [0.2, 0.25) is 0 Å². The van der Waals surface area contributed by atoms with E-state index in [4.69, 9.17) is 4.74 Å². The highest BCUT2D eigenvalue weighted by molar-refractivity contribution is 5.70. The van der Waals surface area contributed by atoms with Crippen molar-refractivity contribution in [2.24, 2.45) is 5.92 Å². The molecule has 0 bridgehead atoms. The van der Waals surface area contributed by atoms with Crippen LogP contribution in [0.3, 0.4) is 0 Å². The van der Waals surface area contributed by atoms with Crippen molar-refractivity contribution < 1.29 is 9.53 Å². The number of nitrogens with one attached hydrogen (secondary N) is 1. The van der Waals surface area contributed by atoms with Gasteiger partial charge < -0.3 is 10.1 Å². The molecule has 1 atom stereocenters. The molecule has 0 aromatic heterocycles. The lowest BCUT2D eigenvalue weighted by Gasteiger charge is -2.22. The molecular weight excluding hydrogens is 202 g/mol. The number of carbonyl (C=O) groups excluding carboxylic acids is 1. The van der Waals surface area contributed by atoms with Gasteiger partial charge in [-0.3, -0.25) is 4.79 Å². The Labute approximate surface area is 99.9 Å². The summed E-state index contributed by atoms with van der Waals surface area (Å²) < 4.78 is 5.23. The molecule has 0 spiro atoms. The first-order valence-electron chi connectivity index (χ1n) is 6.21. The van der Waals surface area contributed by atoms with Gasteiger partial charge in [-0.25, -0.2) is 0 Å². The SMILES string of the molecule is CCC(NCCC(=O)OC(C)(C)C)C(C)C. The molecule has 0 aliphatic rings. The van der Waals surface area contributed by atoms with Crippen LogP contribution in [-0.2, 0) is 9.53 Å². The summed E-state index contributed by atoms with van der Waals surface area (Å²) in [6, 6.07) is 0.488. The van der Waals surface area contributed by atoms with E-state index >= 15 is 0 Å². The van der Waals surface area contributed by atoms with Gasteiger partial charge in [-0.2, -0.15) is 0 Å². The summed E-state index contributed by atoms with van der Waals surface area (Å²) in [5.74, 6) is 0.474. The van der Waals surface area contributed by atoms with Gasteiger partial charge in [0, 0.05) is 12.6 Å². The Kier molecular flexibility index (Phi) is 6.65. The molecule has 0 rings (SSSR count). The van der Waals surface area contributed by atoms with Gasteiger partial charge in [-0.05, 0) is 33.1 Å². The monoisotopic (exact) mass is 229 g/mol. The van der Waals surface area contributed by atoms with Gasteiger partial charge in [0.15, 0.2) is 0 Å². The summed E-state index contributed by atoms with van der Waals surface area (Å²) in [5.41, 5.74) is -0.376. The number of hydrogen-bond donors (Lipinski definition) is 1. The first-order valence-corrected chi connectivity index (χ1v) is 6.21. The maximum atomic E-state index is 11.4. The standard InChI is InChI=1S/C13H27NO2/c1-7-11(10(2)3)14-9-8-12(15)16-13(4,5)6/h10-11,14H,7-9H2,1-6H3. The Balaban J connectivity index is 3.77. The van der Waals surface area contributed by atoms with E-state index in [0.717, 1.165) is 6.42 Å². The lowest BCUT2D eigenvalue weighted by Crippen LogP contribution is -2.35. The van der Waals surface area contributed by atoms with E-state index in [0.29, 0.717) is 24.9 Å². The quantitative estimate of drug-likeness (QED) is 0.712. The van der Waals surface area contributed by atoms with Crippen molar-refractivity contribution in [3.63, 3.8) is 0 Å². The van der Waals surface area contributed by atoms with Crippen molar-refractivity contribution in [2.75, 3.05) is 6.54 Å². The number of hydrogen-bond acceptors (Lipinski definition) is 3. The van der Waals surface area contributed by atoms with Crippen molar-refractivity contribution >= 4 is 5.97 Å². The highest BCUT2D eigenvalue weighted by Gasteiger charge is 2.16. The van der Waals surface area contributed by atoms with Gasteiger partial charge in [-0.1, -0.05) is 20.8 Å². The lowest BCUT2D eigenvalue weighted by molar-refractivity contribution is -0.154. The largest absolute Gasteiger partial charge is 0.460 e. The van der Waals surface area contributed by atoms with Crippen molar-refractivity contribution in [2.45, 2.75) is 66.0 Å². The Morgan fingerprint density at radius 2 is 1.88 bits per heavy atom. The van der Waals surface area contributed by atoms with E-state index in [1.807, 2.05) is 20.8 Å². The van der Waals surface area contributed by atoms with Crippen LogP contribution >= 0.6 is 0 Å². The molecule has 0 amide bonds. The summed E-state index contributed by atoms with van der Waals surface area (Å²) in [6.45, 7) is 12.9. The van der Waals surface area contributed by atoms with Crippen LogP contribution < -0.4 is 5.32 Å². The molecule has 0 aromatic carbocycles. The molecule has 16 heavy (non-hydrogen) atoms. The highest BCUT2D eigenvalue weighted by atomic mass is 16.6. The minimum absolute atomic E-state index is 0.126. The van der Waals surface area contributed by atoms with E-state index in [-0.39, 0.29) is 11.6 Å². The van der Waals surface area contributed by atoms with Crippen molar-refractivity contribution in [3.8, 4) is 0 Å².